The second-order valence-corrected chi connectivity index (χ2v) is 7.90. The Labute approximate surface area is 181 Å². The zero-order valence-electron chi connectivity index (χ0n) is 14.9. The number of nitrogens with one attached hydrogen (secondary N) is 2. The first-order chi connectivity index (χ1) is 12.1. The first-order valence-electron chi connectivity index (χ1n) is 8.45. The number of aromatic nitrogens is 1. The van der Waals surface area contributed by atoms with Crippen LogP contribution >= 0.6 is 48.2 Å². The lowest BCUT2D eigenvalue weighted by atomic mass is 10.1. The van der Waals surface area contributed by atoms with Crippen molar-refractivity contribution >= 4 is 54.1 Å². The smallest absolute Gasteiger partial charge is 0.233 e. The molecule has 0 saturated carbocycles. The van der Waals surface area contributed by atoms with Gasteiger partial charge in [-0.2, -0.15) is 0 Å². The van der Waals surface area contributed by atoms with Gasteiger partial charge < -0.3 is 15.1 Å². The zero-order chi connectivity index (χ0) is 17.6. The van der Waals surface area contributed by atoms with Crippen molar-refractivity contribution in [1.29, 1.82) is 0 Å². The molecular formula is C18H24Cl3N3O2S. The van der Waals surface area contributed by atoms with Gasteiger partial charge in [-0.1, -0.05) is 11.6 Å². The fourth-order valence-electron chi connectivity index (χ4n) is 2.69. The highest BCUT2D eigenvalue weighted by atomic mass is 35.5. The average molecular weight is 453 g/mol. The molecule has 9 heteroatoms. The van der Waals surface area contributed by atoms with E-state index in [-0.39, 0.29) is 42.0 Å². The summed E-state index contributed by atoms with van der Waals surface area (Å²) >= 11 is 7.42. The Morgan fingerprint density at radius 2 is 2.15 bits per heavy atom. The van der Waals surface area contributed by atoms with Gasteiger partial charge in [0.1, 0.15) is 0 Å². The standard InChI is InChI=1S/C18H22ClN3O2S.2ClH/c1-12(18(23)22-15-3-2-8-20-9-15)25-11-17-21-10-16(24-17)13-4-6-14(19)7-5-13;;/h4-7,10,12,15,20H,2-3,8-9,11H2,1H3,(H,22,23);2*1H/t12?,15-;;/m0../s1. The molecule has 0 bridgehead atoms. The minimum Gasteiger partial charge on any atom is -0.440 e. The number of piperidine rings is 1. The zero-order valence-corrected chi connectivity index (χ0v) is 18.1. The number of benzene rings is 1. The second-order valence-electron chi connectivity index (χ2n) is 6.13. The third kappa shape index (κ3) is 7.20. The summed E-state index contributed by atoms with van der Waals surface area (Å²) in [4.78, 5) is 16.6. The summed E-state index contributed by atoms with van der Waals surface area (Å²) < 4.78 is 5.77. The van der Waals surface area contributed by atoms with E-state index in [2.05, 4.69) is 15.6 Å². The third-order valence-corrected chi connectivity index (χ3v) is 5.53. The van der Waals surface area contributed by atoms with Crippen LogP contribution in [0.2, 0.25) is 5.02 Å². The molecule has 1 amide bonds. The molecule has 1 aromatic heterocycles. The molecule has 1 aromatic carbocycles. The van der Waals surface area contributed by atoms with Crippen LogP contribution < -0.4 is 10.6 Å². The van der Waals surface area contributed by atoms with E-state index in [1.807, 2.05) is 31.2 Å². The maximum atomic E-state index is 12.3. The summed E-state index contributed by atoms with van der Waals surface area (Å²) in [6, 6.07) is 7.67. The molecule has 1 aliphatic rings. The van der Waals surface area contributed by atoms with Crippen LogP contribution in [0.4, 0.5) is 0 Å². The van der Waals surface area contributed by atoms with E-state index >= 15 is 0 Å². The number of thioether (sulfide) groups is 1. The van der Waals surface area contributed by atoms with Crippen LogP contribution in [0.1, 0.15) is 25.7 Å². The number of carbonyl (C=O) groups excluding carboxylic acids is 1. The summed E-state index contributed by atoms with van der Waals surface area (Å²) in [5.74, 6) is 1.96. The molecule has 2 heterocycles. The SMILES string of the molecule is CC(SCc1ncc(-c2ccc(Cl)cc2)o1)C(=O)N[C@H]1CCCNC1.Cl.Cl. The Morgan fingerprint density at radius 3 is 2.81 bits per heavy atom. The number of amides is 1. The topological polar surface area (TPSA) is 67.2 Å². The van der Waals surface area contributed by atoms with Crippen molar-refractivity contribution in [3.05, 3.63) is 41.4 Å². The van der Waals surface area contributed by atoms with Gasteiger partial charge >= 0.3 is 0 Å². The van der Waals surface area contributed by atoms with Crippen molar-refractivity contribution in [2.45, 2.75) is 36.8 Å². The lowest BCUT2D eigenvalue weighted by Gasteiger charge is -2.25. The van der Waals surface area contributed by atoms with E-state index < -0.39 is 0 Å². The van der Waals surface area contributed by atoms with Crippen molar-refractivity contribution in [3.8, 4) is 11.3 Å². The molecule has 0 spiro atoms. The first-order valence-corrected chi connectivity index (χ1v) is 9.88. The molecule has 0 aliphatic carbocycles. The van der Waals surface area contributed by atoms with Crippen LogP contribution in [0.5, 0.6) is 0 Å². The van der Waals surface area contributed by atoms with Gasteiger partial charge in [0, 0.05) is 23.2 Å². The molecule has 2 N–H and O–H groups in total. The first kappa shape index (κ1) is 24.1. The van der Waals surface area contributed by atoms with E-state index in [0.717, 1.165) is 31.5 Å². The Balaban J connectivity index is 0.00000182. The summed E-state index contributed by atoms with van der Waals surface area (Å²) in [5.41, 5.74) is 0.934. The lowest BCUT2D eigenvalue weighted by Crippen LogP contribution is -2.47. The summed E-state index contributed by atoms with van der Waals surface area (Å²) in [5, 5.41) is 6.95. The fraction of sp³-hybridized carbons (Fsp3) is 0.444. The van der Waals surface area contributed by atoms with Crippen molar-refractivity contribution in [3.63, 3.8) is 0 Å². The van der Waals surface area contributed by atoms with E-state index in [4.69, 9.17) is 16.0 Å². The highest BCUT2D eigenvalue weighted by molar-refractivity contribution is 7.99. The average Bonchev–Trinajstić information content (AvgIpc) is 3.10. The Bertz CT molecular complexity index is 706. The summed E-state index contributed by atoms with van der Waals surface area (Å²) in [6.07, 6.45) is 3.86. The quantitative estimate of drug-likeness (QED) is 0.683. The van der Waals surface area contributed by atoms with Gasteiger partial charge in [-0.15, -0.1) is 36.6 Å². The molecule has 150 valence electrons. The molecular weight excluding hydrogens is 429 g/mol. The normalized spacial score (nSPS) is 17.3. The Kier molecular flexibility index (Phi) is 10.6. The highest BCUT2D eigenvalue weighted by Crippen LogP contribution is 2.25. The molecule has 1 unspecified atom stereocenters. The van der Waals surface area contributed by atoms with Gasteiger partial charge in [-0.05, 0) is 50.6 Å². The van der Waals surface area contributed by atoms with Crippen molar-refractivity contribution < 1.29 is 9.21 Å². The molecule has 27 heavy (non-hydrogen) atoms. The van der Waals surface area contributed by atoms with Crippen LogP contribution in [-0.4, -0.2) is 35.3 Å². The third-order valence-electron chi connectivity index (χ3n) is 4.15. The number of oxazole rings is 1. The molecule has 0 radical (unpaired) electrons. The van der Waals surface area contributed by atoms with E-state index in [1.165, 1.54) is 11.8 Å². The number of rotatable bonds is 6. The summed E-state index contributed by atoms with van der Waals surface area (Å²) in [7, 11) is 0. The predicted octanol–water partition coefficient (Wildman–Crippen LogP) is 4.33. The van der Waals surface area contributed by atoms with Crippen molar-refractivity contribution in [2.75, 3.05) is 13.1 Å². The van der Waals surface area contributed by atoms with Crippen molar-refractivity contribution in [1.82, 2.24) is 15.6 Å². The minimum absolute atomic E-state index is 0. The molecule has 2 atom stereocenters. The Morgan fingerprint density at radius 1 is 1.41 bits per heavy atom. The van der Waals surface area contributed by atoms with Gasteiger partial charge in [0.05, 0.1) is 17.2 Å². The highest BCUT2D eigenvalue weighted by Gasteiger charge is 2.20. The van der Waals surface area contributed by atoms with Gasteiger partial charge in [0.25, 0.3) is 0 Å². The van der Waals surface area contributed by atoms with Crippen molar-refractivity contribution in [2.24, 2.45) is 0 Å². The van der Waals surface area contributed by atoms with Gasteiger partial charge in [0.15, 0.2) is 5.76 Å². The van der Waals surface area contributed by atoms with E-state index in [0.29, 0.717) is 22.4 Å². The monoisotopic (exact) mass is 451 g/mol. The molecule has 1 aliphatic heterocycles. The second kappa shape index (κ2) is 11.8. The minimum atomic E-state index is -0.146. The number of hydrogen-bond acceptors (Lipinski definition) is 5. The van der Waals surface area contributed by atoms with Crippen LogP contribution in [0.15, 0.2) is 34.9 Å². The number of halogens is 3. The fourth-order valence-corrected chi connectivity index (χ4v) is 3.56. The molecule has 5 nitrogen and oxygen atoms in total. The van der Waals surface area contributed by atoms with Crippen LogP contribution in [0.25, 0.3) is 11.3 Å². The molecule has 1 saturated heterocycles. The maximum absolute atomic E-state index is 12.3. The lowest BCUT2D eigenvalue weighted by molar-refractivity contribution is -0.121. The number of nitrogens with zero attached hydrogens (tertiary/aromatic N) is 1. The predicted molar refractivity (Wildman–Crippen MR) is 116 cm³/mol. The van der Waals surface area contributed by atoms with E-state index in [1.54, 1.807) is 6.20 Å². The van der Waals surface area contributed by atoms with Gasteiger partial charge in [0.2, 0.25) is 11.8 Å². The maximum Gasteiger partial charge on any atom is 0.233 e. The largest absolute Gasteiger partial charge is 0.440 e. The Hall–Kier alpha value is -0.920. The summed E-state index contributed by atoms with van der Waals surface area (Å²) in [6.45, 7) is 3.81. The number of hydrogen-bond donors (Lipinski definition) is 2. The van der Waals surface area contributed by atoms with Crippen LogP contribution in [0, 0.1) is 0 Å². The van der Waals surface area contributed by atoms with Gasteiger partial charge in [-0.25, -0.2) is 4.98 Å². The molecule has 1 fully saturated rings. The molecule has 3 rings (SSSR count). The number of carbonyl (C=O) groups is 1. The van der Waals surface area contributed by atoms with Crippen LogP contribution in [-0.2, 0) is 10.5 Å². The molecule has 2 aromatic rings. The van der Waals surface area contributed by atoms with Gasteiger partial charge in [-0.3, -0.25) is 4.79 Å². The van der Waals surface area contributed by atoms with E-state index in [9.17, 15) is 4.79 Å². The van der Waals surface area contributed by atoms with Crippen LogP contribution in [0.3, 0.4) is 0 Å².